The Bertz CT molecular complexity index is 700. The molecule has 2 N–H and O–H groups in total. The molecule has 20 heavy (non-hydrogen) atoms. The predicted molar refractivity (Wildman–Crippen MR) is 74.8 cm³/mol. The van der Waals surface area contributed by atoms with E-state index in [1.54, 1.807) is 30.7 Å². The number of imidazole rings is 1. The summed E-state index contributed by atoms with van der Waals surface area (Å²) in [5, 5.41) is 18.0. The first-order chi connectivity index (χ1) is 9.58. The first-order valence-electron chi connectivity index (χ1n) is 6.31. The maximum Gasteiger partial charge on any atom is 0.101 e. The number of aromatic nitrogens is 2. The van der Waals surface area contributed by atoms with Crippen molar-refractivity contribution in [2.45, 2.75) is 19.9 Å². The fourth-order valence-corrected chi connectivity index (χ4v) is 1.98. The van der Waals surface area contributed by atoms with Crippen molar-refractivity contribution in [1.82, 2.24) is 9.55 Å². The van der Waals surface area contributed by atoms with Gasteiger partial charge in [0.1, 0.15) is 12.1 Å². The van der Waals surface area contributed by atoms with E-state index in [1.807, 2.05) is 30.6 Å². The van der Waals surface area contributed by atoms with Crippen molar-refractivity contribution in [2.24, 2.45) is 11.7 Å². The van der Waals surface area contributed by atoms with E-state index in [4.69, 9.17) is 16.3 Å². The standard InChI is InChI=1S/C15H15N5/c1-10(2)15(18)14-8-19-9-20(14)13-4-3-11(6-16)12(5-13)7-17/h3-5,8-10,15H,18H2,1-2H3. The molecular weight excluding hydrogens is 250 g/mol. The fourth-order valence-electron chi connectivity index (χ4n) is 1.98. The Labute approximate surface area is 117 Å². The van der Waals surface area contributed by atoms with Crippen LogP contribution < -0.4 is 5.73 Å². The van der Waals surface area contributed by atoms with Crippen LogP contribution in [-0.4, -0.2) is 9.55 Å². The molecule has 0 amide bonds. The van der Waals surface area contributed by atoms with Crippen LogP contribution in [0.3, 0.4) is 0 Å². The first-order valence-corrected chi connectivity index (χ1v) is 6.31. The van der Waals surface area contributed by atoms with Gasteiger partial charge in [-0.05, 0) is 24.1 Å². The molecule has 0 aliphatic heterocycles. The molecule has 0 saturated heterocycles. The van der Waals surface area contributed by atoms with Crippen molar-refractivity contribution < 1.29 is 0 Å². The van der Waals surface area contributed by atoms with E-state index in [0.29, 0.717) is 11.1 Å². The normalized spacial score (nSPS) is 11.9. The summed E-state index contributed by atoms with van der Waals surface area (Å²) in [4.78, 5) is 4.14. The van der Waals surface area contributed by atoms with Crippen molar-refractivity contribution in [3.63, 3.8) is 0 Å². The minimum absolute atomic E-state index is 0.140. The summed E-state index contributed by atoms with van der Waals surface area (Å²) in [6.07, 6.45) is 3.40. The van der Waals surface area contributed by atoms with Gasteiger partial charge in [0.2, 0.25) is 0 Å². The van der Waals surface area contributed by atoms with Gasteiger partial charge in [0.25, 0.3) is 0 Å². The number of rotatable bonds is 3. The lowest BCUT2D eigenvalue weighted by atomic mass is 10.0. The molecule has 1 aromatic heterocycles. The molecule has 0 spiro atoms. The molecule has 5 heteroatoms. The lowest BCUT2D eigenvalue weighted by Crippen LogP contribution is -2.19. The number of nitriles is 2. The average Bonchev–Trinajstić information content (AvgIpc) is 2.94. The van der Waals surface area contributed by atoms with E-state index in [0.717, 1.165) is 11.4 Å². The Balaban J connectivity index is 2.52. The molecule has 0 fully saturated rings. The van der Waals surface area contributed by atoms with Crippen LogP contribution in [-0.2, 0) is 0 Å². The molecule has 0 radical (unpaired) electrons. The summed E-state index contributed by atoms with van der Waals surface area (Å²) >= 11 is 0. The molecule has 0 aliphatic rings. The highest BCUT2D eigenvalue weighted by molar-refractivity contribution is 5.52. The minimum Gasteiger partial charge on any atom is -0.322 e. The highest BCUT2D eigenvalue weighted by Crippen LogP contribution is 2.23. The van der Waals surface area contributed by atoms with Crippen LogP contribution in [0.5, 0.6) is 0 Å². The second kappa shape index (κ2) is 5.56. The third-order valence-electron chi connectivity index (χ3n) is 3.25. The third-order valence-corrected chi connectivity index (χ3v) is 3.25. The van der Waals surface area contributed by atoms with Gasteiger partial charge in [-0.25, -0.2) is 4.98 Å². The van der Waals surface area contributed by atoms with E-state index < -0.39 is 0 Å². The van der Waals surface area contributed by atoms with Crippen LogP contribution in [0.25, 0.3) is 5.69 Å². The van der Waals surface area contributed by atoms with Crippen LogP contribution in [0.2, 0.25) is 0 Å². The summed E-state index contributed by atoms with van der Waals surface area (Å²) in [6.45, 7) is 4.09. The van der Waals surface area contributed by atoms with Crippen LogP contribution in [0.15, 0.2) is 30.7 Å². The zero-order valence-electron chi connectivity index (χ0n) is 11.4. The van der Waals surface area contributed by atoms with Crippen LogP contribution in [0.1, 0.15) is 36.7 Å². The van der Waals surface area contributed by atoms with E-state index in [1.165, 1.54) is 0 Å². The van der Waals surface area contributed by atoms with Crippen LogP contribution >= 0.6 is 0 Å². The van der Waals surface area contributed by atoms with Gasteiger partial charge in [0, 0.05) is 11.7 Å². The molecule has 2 aromatic rings. The summed E-state index contributed by atoms with van der Waals surface area (Å²) in [7, 11) is 0. The zero-order valence-corrected chi connectivity index (χ0v) is 11.4. The van der Waals surface area contributed by atoms with Crippen molar-refractivity contribution in [3.05, 3.63) is 47.5 Å². The third kappa shape index (κ3) is 2.40. The van der Waals surface area contributed by atoms with Gasteiger partial charge in [-0.2, -0.15) is 10.5 Å². The summed E-state index contributed by atoms with van der Waals surface area (Å²) in [5.41, 5.74) is 8.55. The molecule has 1 unspecified atom stereocenters. The number of hydrogen-bond acceptors (Lipinski definition) is 4. The van der Waals surface area contributed by atoms with Gasteiger partial charge in [-0.3, -0.25) is 0 Å². The maximum atomic E-state index is 9.09. The highest BCUT2D eigenvalue weighted by atomic mass is 15.1. The van der Waals surface area contributed by atoms with Gasteiger partial charge >= 0.3 is 0 Å². The number of nitrogens with two attached hydrogens (primary N) is 1. The molecule has 2 rings (SSSR count). The molecule has 1 atom stereocenters. The highest BCUT2D eigenvalue weighted by Gasteiger charge is 2.16. The maximum absolute atomic E-state index is 9.09. The second-order valence-electron chi connectivity index (χ2n) is 4.91. The Morgan fingerprint density at radius 2 is 1.90 bits per heavy atom. The largest absolute Gasteiger partial charge is 0.322 e. The van der Waals surface area contributed by atoms with E-state index in [2.05, 4.69) is 4.98 Å². The van der Waals surface area contributed by atoms with Gasteiger partial charge in [0.15, 0.2) is 0 Å². The Morgan fingerprint density at radius 1 is 1.20 bits per heavy atom. The summed E-state index contributed by atoms with van der Waals surface area (Å²) < 4.78 is 1.85. The average molecular weight is 265 g/mol. The van der Waals surface area contributed by atoms with Crippen molar-refractivity contribution in [1.29, 1.82) is 10.5 Å². The molecule has 0 bridgehead atoms. The second-order valence-corrected chi connectivity index (χ2v) is 4.91. The Kier molecular flexibility index (Phi) is 3.84. The molecule has 1 aromatic carbocycles. The van der Waals surface area contributed by atoms with E-state index in [9.17, 15) is 0 Å². The van der Waals surface area contributed by atoms with Crippen molar-refractivity contribution in [3.8, 4) is 17.8 Å². The topological polar surface area (TPSA) is 91.4 Å². The Morgan fingerprint density at radius 3 is 2.50 bits per heavy atom. The molecule has 1 heterocycles. The molecule has 100 valence electrons. The smallest absolute Gasteiger partial charge is 0.101 e. The van der Waals surface area contributed by atoms with E-state index in [-0.39, 0.29) is 12.0 Å². The first kappa shape index (κ1) is 13.8. The molecule has 0 saturated carbocycles. The molecular formula is C15H15N5. The summed E-state index contributed by atoms with van der Waals surface area (Å²) in [6, 6.07) is 9.00. The summed E-state index contributed by atoms with van der Waals surface area (Å²) in [5.74, 6) is 0.277. The molecule has 0 aliphatic carbocycles. The number of hydrogen-bond donors (Lipinski definition) is 1. The monoisotopic (exact) mass is 265 g/mol. The van der Waals surface area contributed by atoms with Crippen molar-refractivity contribution in [2.75, 3.05) is 0 Å². The zero-order chi connectivity index (χ0) is 14.7. The molecule has 5 nitrogen and oxygen atoms in total. The van der Waals surface area contributed by atoms with Crippen LogP contribution in [0, 0.1) is 28.6 Å². The van der Waals surface area contributed by atoms with Crippen LogP contribution in [0.4, 0.5) is 0 Å². The predicted octanol–water partition coefficient (Wildman–Crippen LogP) is 2.27. The number of nitrogens with zero attached hydrogens (tertiary/aromatic N) is 4. The van der Waals surface area contributed by atoms with Gasteiger partial charge in [0.05, 0.1) is 29.3 Å². The minimum atomic E-state index is -0.140. The van der Waals surface area contributed by atoms with E-state index >= 15 is 0 Å². The van der Waals surface area contributed by atoms with Crippen molar-refractivity contribution >= 4 is 0 Å². The fraction of sp³-hybridized carbons (Fsp3) is 0.267. The lowest BCUT2D eigenvalue weighted by Gasteiger charge is -2.18. The van der Waals surface area contributed by atoms with Gasteiger partial charge in [-0.1, -0.05) is 13.8 Å². The quantitative estimate of drug-likeness (QED) is 0.921. The lowest BCUT2D eigenvalue weighted by molar-refractivity contribution is 0.497. The Hall–Kier alpha value is -2.63. The number of benzene rings is 1. The van der Waals surface area contributed by atoms with Gasteiger partial charge < -0.3 is 10.3 Å². The SMILES string of the molecule is CC(C)C(N)c1cncn1-c1ccc(C#N)c(C#N)c1. The van der Waals surface area contributed by atoms with Gasteiger partial charge in [-0.15, -0.1) is 0 Å².